The van der Waals surface area contributed by atoms with Gasteiger partial charge in [0, 0.05) is 6.20 Å². The average Bonchev–Trinajstić information content (AvgIpc) is 2.40. The van der Waals surface area contributed by atoms with E-state index in [2.05, 4.69) is 4.98 Å². The van der Waals surface area contributed by atoms with Crippen LogP contribution in [0.5, 0.6) is 0 Å². The molecule has 2 rings (SSSR count). The maximum Gasteiger partial charge on any atom is 0.294 e. The molecular formula is C13H13NO4S. The van der Waals surface area contributed by atoms with E-state index in [9.17, 15) is 13.2 Å². The quantitative estimate of drug-likeness (QED) is 0.672. The third-order valence-electron chi connectivity index (χ3n) is 2.13. The third-order valence-corrected chi connectivity index (χ3v) is 3.00. The predicted octanol–water partition coefficient (Wildman–Crippen LogP) is 2.14. The largest absolute Gasteiger partial charge is 0.296 e. The molecule has 1 aromatic heterocycles. The molecule has 0 saturated heterocycles. The van der Waals surface area contributed by atoms with Gasteiger partial charge in [-0.2, -0.15) is 8.42 Å². The molecule has 0 amide bonds. The average molecular weight is 279 g/mol. The summed E-state index contributed by atoms with van der Waals surface area (Å²) in [7, 11) is -4.02. The fourth-order valence-electron chi connectivity index (χ4n) is 1.16. The lowest BCUT2D eigenvalue weighted by Crippen LogP contribution is -1.96. The van der Waals surface area contributed by atoms with E-state index in [0.29, 0.717) is 5.69 Å². The number of pyridine rings is 1. The minimum Gasteiger partial charge on any atom is -0.296 e. The second-order valence-corrected chi connectivity index (χ2v) is 5.08. The van der Waals surface area contributed by atoms with Crippen LogP contribution in [0.2, 0.25) is 0 Å². The zero-order valence-corrected chi connectivity index (χ0v) is 11.0. The lowest BCUT2D eigenvalue weighted by molar-refractivity contribution is 0.111. The third kappa shape index (κ3) is 5.41. The van der Waals surface area contributed by atoms with Crippen molar-refractivity contribution in [2.75, 3.05) is 0 Å². The van der Waals surface area contributed by atoms with Crippen LogP contribution < -0.4 is 0 Å². The van der Waals surface area contributed by atoms with Gasteiger partial charge in [-0.25, -0.2) is 0 Å². The lowest BCUT2D eigenvalue weighted by Gasteiger charge is -1.95. The zero-order chi connectivity index (χ0) is 14.3. The van der Waals surface area contributed by atoms with Gasteiger partial charge in [-0.05, 0) is 31.2 Å². The molecule has 0 unspecified atom stereocenters. The maximum absolute atomic E-state index is 10.5. The van der Waals surface area contributed by atoms with Crippen LogP contribution in [0.3, 0.4) is 0 Å². The van der Waals surface area contributed by atoms with Crippen molar-refractivity contribution in [3.05, 3.63) is 59.9 Å². The fraction of sp³-hybridized carbons (Fsp3) is 0.0769. The Labute approximate surface area is 111 Å². The molecule has 100 valence electrons. The Bertz CT molecular complexity index is 621. The Morgan fingerprint density at radius 2 is 1.74 bits per heavy atom. The van der Waals surface area contributed by atoms with E-state index in [1.165, 1.54) is 12.1 Å². The highest BCUT2D eigenvalue weighted by molar-refractivity contribution is 7.85. The molecule has 0 aliphatic carbocycles. The van der Waals surface area contributed by atoms with Crippen molar-refractivity contribution in [1.29, 1.82) is 0 Å². The van der Waals surface area contributed by atoms with E-state index in [-0.39, 0.29) is 4.90 Å². The van der Waals surface area contributed by atoms with Gasteiger partial charge in [0.2, 0.25) is 0 Å². The summed E-state index contributed by atoms with van der Waals surface area (Å²) in [6, 6.07) is 11.2. The molecule has 5 nitrogen and oxygen atoms in total. The summed E-state index contributed by atoms with van der Waals surface area (Å²) < 4.78 is 29.6. The number of carbonyl (C=O) groups is 1. The lowest BCUT2D eigenvalue weighted by atomic mass is 10.2. The Morgan fingerprint density at radius 1 is 1.11 bits per heavy atom. The van der Waals surface area contributed by atoms with Gasteiger partial charge in [0.1, 0.15) is 5.69 Å². The van der Waals surface area contributed by atoms with Crippen LogP contribution in [-0.2, 0) is 10.1 Å². The van der Waals surface area contributed by atoms with Crippen LogP contribution in [0.25, 0.3) is 0 Å². The number of hydrogen-bond donors (Lipinski definition) is 1. The number of benzene rings is 1. The van der Waals surface area contributed by atoms with E-state index in [0.717, 1.165) is 11.8 Å². The van der Waals surface area contributed by atoms with Crippen LogP contribution >= 0.6 is 0 Å². The zero-order valence-electron chi connectivity index (χ0n) is 10.2. The van der Waals surface area contributed by atoms with Gasteiger partial charge in [0.05, 0.1) is 4.90 Å². The summed E-state index contributed by atoms with van der Waals surface area (Å²) in [5, 5.41) is 0. The SMILES string of the molecule is Cc1ccc(S(=O)(=O)O)cc1.O=Cc1ccccn1. The number of rotatable bonds is 2. The molecule has 1 N–H and O–H groups in total. The van der Waals surface area contributed by atoms with E-state index in [4.69, 9.17) is 4.55 Å². The first kappa shape index (κ1) is 15.0. The standard InChI is InChI=1S/C7H8O3S.C6H5NO/c1-6-2-4-7(5-3-6)11(8,9)10;8-5-6-3-1-2-4-7-6/h2-5H,1H3,(H,8,9,10);1-5H. The first-order chi connectivity index (χ1) is 8.93. The molecule has 0 atom stereocenters. The van der Waals surface area contributed by atoms with Crippen molar-refractivity contribution >= 4 is 16.4 Å². The monoisotopic (exact) mass is 279 g/mol. The smallest absolute Gasteiger partial charge is 0.294 e. The minimum absolute atomic E-state index is 0.0666. The Balaban J connectivity index is 0.000000200. The molecule has 0 fully saturated rings. The Morgan fingerprint density at radius 3 is 2.11 bits per heavy atom. The predicted molar refractivity (Wildman–Crippen MR) is 70.6 cm³/mol. The molecule has 2 aromatic rings. The number of aromatic nitrogens is 1. The second kappa shape index (κ2) is 6.77. The summed E-state index contributed by atoms with van der Waals surface area (Å²) in [6.45, 7) is 1.84. The second-order valence-electron chi connectivity index (χ2n) is 3.66. The van der Waals surface area contributed by atoms with Crippen LogP contribution in [0.4, 0.5) is 0 Å². The Kier molecular flexibility index (Phi) is 5.35. The van der Waals surface area contributed by atoms with Crippen LogP contribution in [0, 0.1) is 6.92 Å². The molecule has 0 radical (unpaired) electrons. The van der Waals surface area contributed by atoms with Crippen molar-refractivity contribution in [3.63, 3.8) is 0 Å². The highest BCUT2D eigenvalue weighted by Gasteiger charge is 2.06. The fourth-order valence-corrected chi connectivity index (χ4v) is 1.64. The molecule has 0 bridgehead atoms. The summed E-state index contributed by atoms with van der Waals surface area (Å²) in [5.41, 5.74) is 1.44. The van der Waals surface area contributed by atoms with Crippen molar-refractivity contribution in [3.8, 4) is 0 Å². The molecular weight excluding hydrogens is 266 g/mol. The molecule has 0 aliphatic heterocycles. The summed E-state index contributed by atoms with van der Waals surface area (Å²) in [6.07, 6.45) is 2.31. The molecule has 0 spiro atoms. The highest BCUT2D eigenvalue weighted by Crippen LogP contribution is 2.08. The number of aryl methyl sites for hydroxylation is 1. The van der Waals surface area contributed by atoms with E-state index in [1.54, 1.807) is 36.5 Å². The molecule has 0 saturated carbocycles. The normalized spacial score (nSPS) is 10.2. The maximum atomic E-state index is 10.5. The van der Waals surface area contributed by atoms with Crippen molar-refractivity contribution in [1.82, 2.24) is 4.98 Å². The summed E-state index contributed by atoms with van der Waals surface area (Å²) >= 11 is 0. The van der Waals surface area contributed by atoms with Gasteiger partial charge in [-0.3, -0.25) is 14.3 Å². The first-order valence-corrected chi connectivity index (χ1v) is 6.78. The van der Waals surface area contributed by atoms with Crippen molar-refractivity contribution in [2.24, 2.45) is 0 Å². The van der Waals surface area contributed by atoms with Gasteiger partial charge in [0.25, 0.3) is 10.1 Å². The van der Waals surface area contributed by atoms with Gasteiger partial charge in [-0.15, -0.1) is 0 Å². The van der Waals surface area contributed by atoms with Crippen LogP contribution in [-0.4, -0.2) is 24.2 Å². The number of aldehydes is 1. The number of carbonyl (C=O) groups excluding carboxylic acids is 1. The number of hydrogen-bond acceptors (Lipinski definition) is 4. The van der Waals surface area contributed by atoms with Crippen molar-refractivity contribution < 1.29 is 17.8 Å². The first-order valence-electron chi connectivity index (χ1n) is 5.34. The Hall–Kier alpha value is -2.05. The molecule has 1 aromatic carbocycles. The van der Waals surface area contributed by atoms with E-state index < -0.39 is 10.1 Å². The molecule has 1 heterocycles. The molecule has 6 heteroatoms. The van der Waals surface area contributed by atoms with Crippen molar-refractivity contribution in [2.45, 2.75) is 11.8 Å². The summed E-state index contributed by atoms with van der Waals surface area (Å²) in [5.74, 6) is 0. The van der Waals surface area contributed by atoms with Gasteiger partial charge in [0.15, 0.2) is 6.29 Å². The molecule has 19 heavy (non-hydrogen) atoms. The minimum atomic E-state index is -4.02. The van der Waals surface area contributed by atoms with Gasteiger partial charge >= 0.3 is 0 Å². The summed E-state index contributed by atoms with van der Waals surface area (Å²) in [4.78, 5) is 13.6. The van der Waals surface area contributed by atoms with E-state index in [1.807, 2.05) is 6.92 Å². The molecule has 0 aliphatic rings. The topological polar surface area (TPSA) is 84.3 Å². The van der Waals surface area contributed by atoms with Crippen LogP contribution in [0.1, 0.15) is 16.1 Å². The van der Waals surface area contributed by atoms with Gasteiger partial charge < -0.3 is 0 Å². The van der Waals surface area contributed by atoms with E-state index >= 15 is 0 Å². The van der Waals surface area contributed by atoms with Gasteiger partial charge in [-0.1, -0.05) is 23.8 Å². The highest BCUT2D eigenvalue weighted by atomic mass is 32.2. The number of nitrogens with zero attached hydrogens (tertiary/aromatic N) is 1. The van der Waals surface area contributed by atoms with Crippen LogP contribution in [0.15, 0.2) is 53.6 Å².